The van der Waals surface area contributed by atoms with Crippen molar-refractivity contribution in [3.8, 4) is 11.4 Å². The van der Waals surface area contributed by atoms with Gasteiger partial charge in [0.25, 0.3) is 0 Å². The van der Waals surface area contributed by atoms with E-state index in [2.05, 4.69) is 0 Å². The van der Waals surface area contributed by atoms with Crippen molar-refractivity contribution in [2.24, 2.45) is 0 Å². The molecule has 0 amide bonds. The van der Waals surface area contributed by atoms with Crippen molar-refractivity contribution in [3.05, 3.63) is 82.0 Å². The van der Waals surface area contributed by atoms with Crippen LogP contribution in [-0.4, -0.2) is 21.6 Å². The van der Waals surface area contributed by atoms with Crippen molar-refractivity contribution in [1.82, 2.24) is 9.13 Å². The highest BCUT2D eigenvalue weighted by molar-refractivity contribution is 6.30. The summed E-state index contributed by atoms with van der Waals surface area (Å²) in [6, 6.07) is 14.6. The average molecular weight is 371 g/mol. The average Bonchev–Trinajstić information content (AvgIpc) is 3.02. The lowest BCUT2D eigenvalue weighted by Gasteiger charge is -2.06. The Morgan fingerprint density at radius 3 is 2.54 bits per heavy atom. The molecule has 0 aliphatic rings. The number of nitrogens with zero attached hydrogens (tertiary/aromatic N) is 2. The fourth-order valence-corrected chi connectivity index (χ4v) is 2.77. The Morgan fingerprint density at radius 1 is 1.08 bits per heavy atom. The highest BCUT2D eigenvalue weighted by Crippen LogP contribution is 2.16. The lowest BCUT2D eigenvalue weighted by Crippen LogP contribution is -2.28. The maximum Gasteiger partial charge on any atom is 0.339 e. The Hall–Kier alpha value is -2.79. The number of imidazole rings is 1. The van der Waals surface area contributed by atoms with Gasteiger partial charge in [-0.05, 0) is 49.2 Å². The molecular weight excluding hydrogens is 352 g/mol. The zero-order valence-electron chi connectivity index (χ0n) is 14.4. The Balaban J connectivity index is 1.59. The van der Waals surface area contributed by atoms with E-state index >= 15 is 0 Å². The summed E-state index contributed by atoms with van der Waals surface area (Å²) >= 11 is 5.82. The van der Waals surface area contributed by atoms with Crippen molar-refractivity contribution in [2.45, 2.75) is 19.8 Å². The molecule has 1 heterocycles. The number of rotatable bonds is 6. The van der Waals surface area contributed by atoms with E-state index in [9.17, 15) is 9.59 Å². The van der Waals surface area contributed by atoms with Gasteiger partial charge in [0.1, 0.15) is 5.75 Å². The lowest BCUT2D eigenvalue weighted by atomic mass is 10.2. The third-order valence-electron chi connectivity index (χ3n) is 4.04. The van der Waals surface area contributed by atoms with Crippen molar-refractivity contribution in [3.63, 3.8) is 0 Å². The van der Waals surface area contributed by atoms with E-state index in [-0.39, 0.29) is 18.0 Å². The van der Waals surface area contributed by atoms with Gasteiger partial charge >= 0.3 is 5.69 Å². The molecule has 1 aromatic heterocycles. The van der Waals surface area contributed by atoms with Crippen LogP contribution in [0.25, 0.3) is 5.69 Å². The van der Waals surface area contributed by atoms with Crippen molar-refractivity contribution in [1.29, 1.82) is 0 Å². The fraction of sp³-hybridized carbons (Fsp3) is 0.200. The second-order valence-electron chi connectivity index (χ2n) is 5.91. The molecule has 3 aromatic rings. The lowest BCUT2D eigenvalue weighted by molar-refractivity contribution is 0.0888. The Morgan fingerprint density at radius 2 is 1.81 bits per heavy atom. The van der Waals surface area contributed by atoms with Gasteiger partial charge in [-0.2, -0.15) is 0 Å². The van der Waals surface area contributed by atoms with Crippen LogP contribution in [-0.2, 0) is 0 Å². The van der Waals surface area contributed by atoms with Gasteiger partial charge in [0.05, 0.1) is 12.3 Å². The third-order valence-corrected chi connectivity index (χ3v) is 4.29. The van der Waals surface area contributed by atoms with Gasteiger partial charge in [0.15, 0.2) is 0 Å². The summed E-state index contributed by atoms with van der Waals surface area (Å²) < 4.78 is 8.20. The molecule has 0 radical (unpaired) electrons. The molecule has 0 saturated heterocycles. The quantitative estimate of drug-likeness (QED) is 0.614. The van der Waals surface area contributed by atoms with E-state index in [0.717, 1.165) is 15.8 Å². The minimum absolute atomic E-state index is 0.227. The monoisotopic (exact) mass is 370 g/mol. The first kappa shape index (κ1) is 18.0. The fourth-order valence-electron chi connectivity index (χ4n) is 2.65. The van der Waals surface area contributed by atoms with Gasteiger partial charge in [0, 0.05) is 23.8 Å². The molecule has 0 unspecified atom stereocenters. The molecule has 0 fully saturated rings. The number of para-hydroxylation sites is 1. The zero-order valence-corrected chi connectivity index (χ0v) is 15.1. The van der Waals surface area contributed by atoms with Crippen LogP contribution >= 0.6 is 11.6 Å². The number of aryl methyl sites for hydroxylation is 1. The molecule has 2 aromatic carbocycles. The van der Waals surface area contributed by atoms with Gasteiger partial charge < -0.3 is 4.74 Å². The highest BCUT2D eigenvalue weighted by Gasteiger charge is 2.12. The van der Waals surface area contributed by atoms with Crippen LogP contribution in [0.3, 0.4) is 0 Å². The molecule has 0 spiro atoms. The molecule has 0 bridgehead atoms. The Labute approximate surface area is 156 Å². The van der Waals surface area contributed by atoms with Gasteiger partial charge in [0.2, 0.25) is 5.91 Å². The first-order valence-corrected chi connectivity index (χ1v) is 8.71. The summed E-state index contributed by atoms with van der Waals surface area (Å²) in [4.78, 5) is 24.8. The summed E-state index contributed by atoms with van der Waals surface area (Å²) in [5, 5.41) is 0.644. The molecule has 0 aliphatic carbocycles. The number of carbonyl (C=O) groups is 1. The summed E-state index contributed by atoms with van der Waals surface area (Å²) in [5.41, 5.74) is 1.38. The second-order valence-corrected chi connectivity index (χ2v) is 6.34. The van der Waals surface area contributed by atoms with Crippen LogP contribution in [0.15, 0.2) is 65.7 Å². The number of aromatic nitrogens is 2. The Kier molecular flexibility index (Phi) is 5.58. The minimum atomic E-state index is -0.358. The van der Waals surface area contributed by atoms with Crippen LogP contribution in [0.5, 0.6) is 5.75 Å². The summed E-state index contributed by atoms with van der Waals surface area (Å²) in [6.07, 6.45) is 3.87. The van der Waals surface area contributed by atoms with E-state index in [1.807, 2.05) is 31.2 Å². The standard InChI is InChI=1S/C20H19ClN2O3/c1-15-5-2-3-6-18(15)22-12-13-23(20(22)25)19(24)7-4-14-26-17-10-8-16(21)9-11-17/h2-3,5-6,8-13H,4,7,14H2,1H3. The van der Waals surface area contributed by atoms with Gasteiger partial charge in [-0.1, -0.05) is 29.8 Å². The summed E-state index contributed by atoms with van der Waals surface area (Å²) in [6.45, 7) is 2.32. The largest absolute Gasteiger partial charge is 0.494 e. The topological polar surface area (TPSA) is 53.2 Å². The molecule has 0 aliphatic heterocycles. The molecule has 0 N–H and O–H groups in total. The summed E-state index contributed by atoms with van der Waals surface area (Å²) in [5.74, 6) is 0.451. The molecule has 134 valence electrons. The number of hydrogen-bond acceptors (Lipinski definition) is 3. The van der Waals surface area contributed by atoms with Crippen molar-refractivity contribution >= 4 is 17.5 Å². The molecule has 6 heteroatoms. The van der Waals surface area contributed by atoms with E-state index < -0.39 is 0 Å². The van der Waals surface area contributed by atoms with Crippen molar-refractivity contribution < 1.29 is 9.53 Å². The molecule has 0 atom stereocenters. The van der Waals surface area contributed by atoms with Crippen LogP contribution in [0.2, 0.25) is 5.02 Å². The first-order valence-electron chi connectivity index (χ1n) is 8.34. The SMILES string of the molecule is Cc1ccccc1-n1ccn(C(=O)CCCOc2ccc(Cl)cc2)c1=O. The normalized spacial score (nSPS) is 10.7. The predicted molar refractivity (Wildman–Crippen MR) is 102 cm³/mol. The van der Waals surface area contributed by atoms with E-state index in [4.69, 9.17) is 16.3 Å². The van der Waals surface area contributed by atoms with Gasteiger partial charge in [-0.25, -0.2) is 9.36 Å². The number of ether oxygens (including phenoxy) is 1. The number of hydrogen-bond donors (Lipinski definition) is 0. The molecule has 5 nitrogen and oxygen atoms in total. The maximum atomic E-state index is 12.5. The number of benzene rings is 2. The van der Waals surface area contributed by atoms with E-state index in [1.54, 1.807) is 30.5 Å². The van der Waals surface area contributed by atoms with Crippen LogP contribution in [0.4, 0.5) is 0 Å². The smallest absolute Gasteiger partial charge is 0.339 e. The van der Waals surface area contributed by atoms with Crippen LogP contribution in [0.1, 0.15) is 23.2 Å². The third kappa shape index (κ3) is 4.06. The first-order chi connectivity index (χ1) is 12.6. The highest BCUT2D eigenvalue weighted by atomic mass is 35.5. The predicted octanol–water partition coefficient (Wildman–Crippen LogP) is 4.10. The molecular formula is C20H19ClN2O3. The Bertz CT molecular complexity index is 958. The van der Waals surface area contributed by atoms with Crippen molar-refractivity contribution in [2.75, 3.05) is 6.61 Å². The maximum absolute atomic E-state index is 12.5. The van der Waals surface area contributed by atoms with E-state index in [0.29, 0.717) is 23.8 Å². The minimum Gasteiger partial charge on any atom is -0.494 e. The van der Waals surface area contributed by atoms with Gasteiger partial charge in [-0.3, -0.25) is 9.36 Å². The van der Waals surface area contributed by atoms with Gasteiger partial charge in [-0.15, -0.1) is 0 Å². The second kappa shape index (κ2) is 8.06. The number of carbonyl (C=O) groups excluding carboxylic acids is 1. The molecule has 0 saturated carbocycles. The van der Waals surface area contributed by atoms with Crippen LogP contribution < -0.4 is 10.4 Å². The molecule has 3 rings (SSSR count). The molecule has 26 heavy (non-hydrogen) atoms. The zero-order chi connectivity index (χ0) is 18.5. The van der Waals surface area contributed by atoms with Crippen LogP contribution in [0, 0.1) is 6.92 Å². The number of halogens is 1. The van der Waals surface area contributed by atoms with E-state index in [1.165, 1.54) is 10.8 Å². The summed E-state index contributed by atoms with van der Waals surface area (Å²) in [7, 11) is 0.